The van der Waals surface area contributed by atoms with E-state index < -0.39 is 0 Å². The van der Waals surface area contributed by atoms with Crippen molar-refractivity contribution >= 4 is 15.9 Å². The number of aryl methyl sites for hydroxylation is 1. The fourth-order valence-electron chi connectivity index (χ4n) is 2.99. The molecule has 1 atom stereocenters. The molecule has 3 heteroatoms. The third kappa shape index (κ3) is 3.14. The molecule has 3 rings (SSSR count). The van der Waals surface area contributed by atoms with Gasteiger partial charge in [0.2, 0.25) is 0 Å². The topological polar surface area (TPSA) is 21.3 Å². The number of hydrogen-bond acceptors (Lipinski definition) is 2. The molecular formula is C18H20BrNO. The predicted octanol–water partition coefficient (Wildman–Crippen LogP) is 4.20. The van der Waals surface area contributed by atoms with Gasteiger partial charge in [0.15, 0.2) is 0 Å². The molecule has 0 spiro atoms. The van der Waals surface area contributed by atoms with Crippen LogP contribution >= 0.6 is 15.9 Å². The summed E-state index contributed by atoms with van der Waals surface area (Å²) >= 11 is 3.62. The van der Waals surface area contributed by atoms with Crippen molar-refractivity contribution < 1.29 is 4.74 Å². The Morgan fingerprint density at radius 3 is 2.90 bits per heavy atom. The van der Waals surface area contributed by atoms with Crippen molar-refractivity contribution in [3.05, 3.63) is 63.1 Å². The van der Waals surface area contributed by atoms with Crippen molar-refractivity contribution in [2.75, 3.05) is 13.7 Å². The largest absolute Gasteiger partial charge is 0.493 e. The summed E-state index contributed by atoms with van der Waals surface area (Å²) in [6.45, 7) is 2.93. The summed E-state index contributed by atoms with van der Waals surface area (Å²) in [5, 5.41) is 3.43. The van der Waals surface area contributed by atoms with E-state index in [1.54, 1.807) is 0 Å². The van der Waals surface area contributed by atoms with E-state index in [1.165, 1.54) is 22.3 Å². The van der Waals surface area contributed by atoms with Gasteiger partial charge in [0, 0.05) is 16.9 Å². The summed E-state index contributed by atoms with van der Waals surface area (Å²) in [4.78, 5) is 0. The standard InChI is InChI=1S/C18H20BrNO/c1-12-4-3-5-13(8-12)17(20-2)11-15-10-16(19)9-14-6-7-21-18(14)15/h3-5,8-10,17,20H,6-7,11H2,1-2H3. The first-order chi connectivity index (χ1) is 10.2. The van der Waals surface area contributed by atoms with Gasteiger partial charge in [-0.25, -0.2) is 0 Å². The number of fused-ring (bicyclic) bond motifs is 1. The van der Waals surface area contributed by atoms with Crippen LogP contribution in [-0.4, -0.2) is 13.7 Å². The van der Waals surface area contributed by atoms with Crippen molar-refractivity contribution in [2.45, 2.75) is 25.8 Å². The van der Waals surface area contributed by atoms with Gasteiger partial charge in [-0.15, -0.1) is 0 Å². The van der Waals surface area contributed by atoms with Gasteiger partial charge >= 0.3 is 0 Å². The molecular weight excluding hydrogens is 326 g/mol. The molecule has 0 fully saturated rings. The smallest absolute Gasteiger partial charge is 0.125 e. The van der Waals surface area contributed by atoms with Gasteiger partial charge in [-0.1, -0.05) is 45.8 Å². The minimum Gasteiger partial charge on any atom is -0.493 e. The Bertz CT molecular complexity index is 654. The number of likely N-dealkylation sites (N-methyl/N-ethyl adjacent to an activating group) is 1. The van der Waals surface area contributed by atoms with Crippen molar-refractivity contribution in [3.8, 4) is 5.75 Å². The van der Waals surface area contributed by atoms with Gasteiger partial charge in [0.1, 0.15) is 5.75 Å². The molecule has 0 saturated carbocycles. The van der Waals surface area contributed by atoms with E-state index in [9.17, 15) is 0 Å². The maximum absolute atomic E-state index is 5.84. The number of rotatable bonds is 4. The van der Waals surface area contributed by atoms with E-state index in [0.29, 0.717) is 6.04 Å². The van der Waals surface area contributed by atoms with Gasteiger partial charge < -0.3 is 10.1 Å². The van der Waals surface area contributed by atoms with Gasteiger partial charge in [-0.05, 0) is 49.2 Å². The second kappa shape index (κ2) is 6.20. The average molecular weight is 346 g/mol. The van der Waals surface area contributed by atoms with Crippen LogP contribution in [0.5, 0.6) is 5.75 Å². The Balaban J connectivity index is 1.91. The second-order valence-electron chi connectivity index (χ2n) is 5.61. The third-order valence-corrected chi connectivity index (χ3v) is 4.50. The van der Waals surface area contributed by atoms with Crippen LogP contribution in [0.4, 0.5) is 0 Å². The quantitative estimate of drug-likeness (QED) is 0.896. The maximum Gasteiger partial charge on any atom is 0.125 e. The molecule has 0 aliphatic carbocycles. The number of halogens is 1. The highest BCUT2D eigenvalue weighted by molar-refractivity contribution is 9.10. The molecule has 21 heavy (non-hydrogen) atoms. The van der Waals surface area contributed by atoms with Crippen molar-refractivity contribution in [2.24, 2.45) is 0 Å². The van der Waals surface area contributed by atoms with Crippen LogP contribution in [0.2, 0.25) is 0 Å². The fraction of sp³-hybridized carbons (Fsp3) is 0.333. The molecule has 0 bridgehead atoms. The second-order valence-corrected chi connectivity index (χ2v) is 6.53. The number of nitrogens with one attached hydrogen (secondary N) is 1. The Morgan fingerprint density at radius 2 is 2.14 bits per heavy atom. The summed E-state index contributed by atoms with van der Waals surface area (Å²) in [6.07, 6.45) is 1.94. The Kier molecular flexibility index (Phi) is 4.32. The zero-order valence-corrected chi connectivity index (χ0v) is 14.0. The highest BCUT2D eigenvalue weighted by atomic mass is 79.9. The van der Waals surface area contributed by atoms with Gasteiger partial charge in [0.25, 0.3) is 0 Å². The highest BCUT2D eigenvalue weighted by Crippen LogP contribution is 2.35. The first-order valence-electron chi connectivity index (χ1n) is 7.35. The van der Waals surface area contributed by atoms with E-state index in [2.05, 4.69) is 64.6 Å². The van der Waals surface area contributed by atoms with Crippen LogP contribution in [0.1, 0.15) is 28.3 Å². The minimum atomic E-state index is 0.299. The molecule has 0 radical (unpaired) electrons. The van der Waals surface area contributed by atoms with Crippen LogP contribution in [-0.2, 0) is 12.8 Å². The summed E-state index contributed by atoms with van der Waals surface area (Å²) < 4.78 is 6.98. The van der Waals surface area contributed by atoms with Gasteiger partial charge in [0.05, 0.1) is 6.61 Å². The van der Waals surface area contributed by atoms with Crippen LogP contribution in [0.15, 0.2) is 40.9 Å². The molecule has 1 aliphatic heterocycles. The molecule has 0 aromatic heterocycles. The lowest BCUT2D eigenvalue weighted by Gasteiger charge is -2.19. The van der Waals surface area contributed by atoms with Crippen molar-refractivity contribution in [3.63, 3.8) is 0 Å². The first-order valence-corrected chi connectivity index (χ1v) is 8.14. The number of benzene rings is 2. The zero-order valence-electron chi connectivity index (χ0n) is 12.4. The normalized spacial score (nSPS) is 14.6. The van der Waals surface area contributed by atoms with Gasteiger partial charge in [-0.2, -0.15) is 0 Å². The van der Waals surface area contributed by atoms with Gasteiger partial charge in [-0.3, -0.25) is 0 Å². The maximum atomic E-state index is 5.84. The lowest BCUT2D eigenvalue weighted by atomic mass is 9.96. The molecule has 1 unspecified atom stereocenters. The van der Waals surface area contributed by atoms with Crippen molar-refractivity contribution in [1.82, 2.24) is 5.32 Å². The Labute approximate surface area is 134 Å². The highest BCUT2D eigenvalue weighted by Gasteiger charge is 2.20. The lowest BCUT2D eigenvalue weighted by molar-refractivity contribution is 0.352. The fourth-order valence-corrected chi connectivity index (χ4v) is 3.54. The molecule has 2 aromatic carbocycles. The van der Waals surface area contributed by atoms with Crippen LogP contribution in [0.3, 0.4) is 0 Å². The first kappa shape index (κ1) is 14.6. The Morgan fingerprint density at radius 1 is 1.29 bits per heavy atom. The summed E-state index contributed by atoms with van der Waals surface area (Å²) in [5.41, 5.74) is 5.21. The van der Waals surface area contributed by atoms with Crippen LogP contribution in [0.25, 0.3) is 0 Å². The number of ether oxygens (including phenoxy) is 1. The molecule has 2 aromatic rings. The van der Waals surface area contributed by atoms with E-state index >= 15 is 0 Å². The third-order valence-electron chi connectivity index (χ3n) is 4.04. The molecule has 1 aliphatic rings. The summed E-state index contributed by atoms with van der Waals surface area (Å²) in [5.74, 6) is 1.09. The van der Waals surface area contributed by atoms with Crippen LogP contribution in [0, 0.1) is 6.92 Å². The average Bonchev–Trinajstić information content (AvgIpc) is 2.92. The molecule has 0 saturated heterocycles. The predicted molar refractivity (Wildman–Crippen MR) is 90.0 cm³/mol. The van der Waals surface area contributed by atoms with E-state index in [1.807, 2.05) is 7.05 Å². The monoisotopic (exact) mass is 345 g/mol. The molecule has 1 N–H and O–H groups in total. The SMILES string of the molecule is CNC(Cc1cc(Br)cc2c1OCC2)c1cccc(C)c1. The lowest BCUT2D eigenvalue weighted by Crippen LogP contribution is -2.19. The molecule has 0 amide bonds. The Hall–Kier alpha value is -1.32. The summed E-state index contributed by atoms with van der Waals surface area (Å²) in [7, 11) is 2.02. The number of hydrogen-bond donors (Lipinski definition) is 1. The van der Waals surface area contributed by atoms with E-state index in [0.717, 1.165) is 29.7 Å². The minimum absolute atomic E-state index is 0.299. The summed E-state index contributed by atoms with van der Waals surface area (Å²) in [6, 6.07) is 13.4. The zero-order chi connectivity index (χ0) is 14.8. The van der Waals surface area contributed by atoms with Crippen molar-refractivity contribution in [1.29, 1.82) is 0 Å². The molecule has 2 nitrogen and oxygen atoms in total. The molecule has 1 heterocycles. The van der Waals surface area contributed by atoms with E-state index in [-0.39, 0.29) is 0 Å². The van der Waals surface area contributed by atoms with E-state index in [4.69, 9.17) is 4.74 Å². The van der Waals surface area contributed by atoms with Crippen LogP contribution < -0.4 is 10.1 Å². The molecule has 110 valence electrons.